The quantitative estimate of drug-likeness (QED) is 0.0679. The summed E-state index contributed by atoms with van der Waals surface area (Å²) in [6, 6.07) is 25.3. The zero-order valence-electron chi connectivity index (χ0n) is 45.9. The first kappa shape index (κ1) is 52.6. The number of hydrogen-bond donors (Lipinski definition) is 6. The SMILES string of the molecule is Cc1cc(O)c(C2CCCCC2)cc1C(c1cc(C2CCCCC2)c(O)cc1C)c1cc(Cc2cc(C)c(O)c(C(c3cc(C4CCCCC4)c(O)cc3C)c3cc(C4CCCCC4)c(O)cc3C)c2)cc(C)c1O. The first-order valence-corrected chi connectivity index (χ1v) is 29.1. The Morgan fingerprint density at radius 1 is 0.293 bits per heavy atom. The molecule has 0 aliphatic heterocycles. The zero-order valence-corrected chi connectivity index (χ0v) is 45.9. The van der Waals surface area contributed by atoms with Crippen molar-refractivity contribution in [3.8, 4) is 34.5 Å². The summed E-state index contributed by atoms with van der Waals surface area (Å²) in [4.78, 5) is 0. The van der Waals surface area contributed by atoms with Gasteiger partial charge in [0.2, 0.25) is 0 Å². The van der Waals surface area contributed by atoms with Crippen molar-refractivity contribution in [2.45, 2.75) is 212 Å². The molecule has 0 spiro atoms. The second-order valence-corrected chi connectivity index (χ2v) is 24.2. The average molecular weight is 1010 g/mol. The van der Waals surface area contributed by atoms with Crippen LogP contribution in [-0.2, 0) is 6.42 Å². The van der Waals surface area contributed by atoms with Gasteiger partial charge in [0.15, 0.2) is 0 Å². The molecule has 6 N–H and O–H groups in total. The molecular weight excluding hydrogens is 925 g/mol. The van der Waals surface area contributed by atoms with Gasteiger partial charge in [0.05, 0.1) is 0 Å². The van der Waals surface area contributed by atoms with Crippen molar-refractivity contribution in [3.05, 3.63) is 173 Å². The molecule has 6 nitrogen and oxygen atoms in total. The maximum Gasteiger partial charge on any atom is 0.122 e. The van der Waals surface area contributed by atoms with Crippen LogP contribution >= 0.6 is 0 Å². The summed E-state index contributed by atoms with van der Waals surface area (Å²) >= 11 is 0. The standard InChI is InChI=1S/C69H84O6/c1-40-29-62(70)56(48-19-11-7-12-20-48)36-52(40)66(53-37-57(63(71)30-41(53)2)49-21-13-8-14-22-49)60-34-46(27-44(5)68(60)74)33-47-28-45(6)69(75)61(35-47)67(54-38-58(64(72)31-42(54)3)50-23-15-9-16-24-50)55-39-59(65(73)32-43(55)4)51-25-17-10-18-26-51/h27-32,34-39,48-51,66-67,70-75H,7-26,33H2,1-6H3. The average Bonchev–Trinajstić information content (AvgIpc) is 3.40. The Hall–Kier alpha value is -5.88. The molecule has 0 bridgehead atoms. The van der Waals surface area contributed by atoms with E-state index in [-0.39, 0.29) is 47.0 Å². The van der Waals surface area contributed by atoms with E-state index < -0.39 is 0 Å². The lowest BCUT2D eigenvalue weighted by atomic mass is 9.74. The minimum Gasteiger partial charge on any atom is -0.508 e. The summed E-state index contributed by atoms with van der Waals surface area (Å²) in [7, 11) is 0. The molecule has 6 aromatic rings. The molecule has 0 unspecified atom stereocenters. The first-order valence-electron chi connectivity index (χ1n) is 29.1. The summed E-state index contributed by atoms with van der Waals surface area (Å²) in [5, 5.41) is 71.6. The third kappa shape index (κ3) is 10.8. The second-order valence-electron chi connectivity index (χ2n) is 24.2. The third-order valence-electron chi connectivity index (χ3n) is 18.9. The Morgan fingerprint density at radius 3 is 0.773 bits per heavy atom. The van der Waals surface area contributed by atoms with Crippen LogP contribution in [0.25, 0.3) is 0 Å². The van der Waals surface area contributed by atoms with Crippen LogP contribution in [0.15, 0.2) is 72.8 Å². The summed E-state index contributed by atoms with van der Waals surface area (Å²) in [6.07, 6.45) is 22.9. The molecule has 4 aliphatic rings. The smallest absolute Gasteiger partial charge is 0.122 e. The van der Waals surface area contributed by atoms with Gasteiger partial charge in [-0.1, -0.05) is 126 Å². The van der Waals surface area contributed by atoms with E-state index >= 15 is 0 Å². The Kier molecular flexibility index (Phi) is 15.7. The summed E-state index contributed by atoms with van der Waals surface area (Å²) in [6.45, 7) is 12.3. The lowest BCUT2D eigenvalue weighted by Gasteiger charge is -2.30. The van der Waals surface area contributed by atoms with Gasteiger partial charge in [0.1, 0.15) is 34.5 Å². The molecule has 0 amide bonds. The number of phenolic OH excluding ortho intramolecular Hbond substituents is 6. The Morgan fingerprint density at radius 2 is 0.533 bits per heavy atom. The van der Waals surface area contributed by atoms with Crippen LogP contribution < -0.4 is 0 Å². The summed E-state index contributed by atoms with van der Waals surface area (Å²) < 4.78 is 0. The second kappa shape index (κ2) is 22.4. The van der Waals surface area contributed by atoms with Gasteiger partial charge in [0, 0.05) is 23.0 Å². The fourth-order valence-electron chi connectivity index (χ4n) is 14.8. The fourth-order valence-corrected chi connectivity index (χ4v) is 14.8. The van der Waals surface area contributed by atoms with E-state index in [2.05, 4.69) is 76.2 Å². The lowest BCUT2D eigenvalue weighted by molar-refractivity contribution is 0.412. The minimum absolute atomic E-state index is 0.248. The number of aromatic hydroxyl groups is 6. The van der Waals surface area contributed by atoms with Crippen molar-refractivity contribution in [1.29, 1.82) is 0 Å². The minimum atomic E-state index is -0.386. The van der Waals surface area contributed by atoms with Crippen LogP contribution in [0, 0.1) is 41.5 Å². The van der Waals surface area contributed by atoms with Gasteiger partial charge in [-0.2, -0.15) is 0 Å². The van der Waals surface area contributed by atoms with Gasteiger partial charge in [-0.15, -0.1) is 0 Å². The van der Waals surface area contributed by atoms with Gasteiger partial charge in [-0.05, 0) is 236 Å². The van der Waals surface area contributed by atoms with Crippen LogP contribution in [0.1, 0.15) is 264 Å². The zero-order chi connectivity index (χ0) is 52.7. The van der Waals surface area contributed by atoms with Crippen LogP contribution in [0.5, 0.6) is 34.5 Å². The molecule has 396 valence electrons. The number of phenols is 6. The molecule has 10 rings (SSSR count). The monoisotopic (exact) mass is 1010 g/mol. The maximum atomic E-state index is 12.5. The molecule has 0 atom stereocenters. The van der Waals surface area contributed by atoms with E-state index in [4.69, 9.17) is 0 Å². The fraction of sp³-hybridized carbons (Fsp3) is 0.478. The molecule has 0 radical (unpaired) electrons. The molecule has 4 saturated carbocycles. The lowest BCUT2D eigenvalue weighted by Crippen LogP contribution is -2.13. The van der Waals surface area contributed by atoms with Crippen LogP contribution in [-0.4, -0.2) is 30.6 Å². The van der Waals surface area contributed by atoms with Gasteiger partial charge in [-0.3, -0.25) is 0 Å². The van der Waals surface area contributed by atoms with E-state index in [9.17, 15) is 30.6 Å². The van der Waals surface area contributed by atoms with Crippen LogP contribution in [0.3, 0.4) is 0 Å². The van der Waals surface area contributed by atoms with E-state index in [1.807, 2.05) is 38.1 Å². The van der Waals surface area contributed by atoms with Gasteiger partial charge in [0.25, 0.3) is 0 Å². The Bertz CT molecular complexity index is 2690. The molecule has 4 fully saturated rings. The number of aryl methyl sites for hydroxylation is 6. The van der Waals surface area contributed by atoms with E-state index in [0.29, 0.717) is 29.4 Å². The van der Waals surface area contributed by atoms with Gasteiger partial charge in [-0.25, -0.2) is 0 Å². The number of benzene rings is 6. The van der Waals surface area contributed by atoms with E-state index in [1.165, 1.54) is 25.7 Å². The highest BCUT2D eigenvalue weighted by Crippen LogP contribution is 2.51. The van der Waals surface area contributed by atoms with Crippen molar-refractivity contribution < 1.29 is 30.6 Å². The number of hydrogen-bond acceptors (Lipinski definition) is 6. The first-order chi connectivity index (χ1) is 36.1. The predicted molar refractivity (Wildman–Crippen MR) is 305 cm³/mol. The molecule has 4 aliphatic carbocycles. The molecule has 6 aromatic carbocycles. The van der Waals surface area contributed by atoms with Crippen molar-refractivity contribution in [3.63, 3.8) is 0 Å². The molecule has 6 heteroatoms. The Balaban J connectivity index is 1.13. The molecule has 0 saturated heterocycles. The van der Waals surface area contributed by atoms with Gasteiger partial charge >= 0.3 is 0 Å². The summed E-state index contributed by atoms with van der Waals surface area (Å²) in [5.74, 6) is 2.17. The van der Waals surface area contributed by atoms with Crippen molar-refractivity contribution in [1.82, 2.24) is 0 Å². The largest absolute Gasteiger partial charge is 0.508 e. The van der Waals surface area contributed by atoms with Crippen molar-refractivity contribution in [2.24, 2.45) is 0 Å². The third-order valence-corrected chi connectivity index (χ3v) is 18.9. The highest BCUT2D eigenvalue weighted by Gasteiger charge is 2.33. The predicted octanol–water partition coefficient (Wildman–Crippen LogP) is 17.9. The molecule has 0 heterocycles. The maximum absolute atomic E-state index is 12.5. The van der Waals surface area contributed by atoms with Gasteiger partial charge < -0.3 is 30.6 Å². The molecule has 0 aromatic heterocycles. The normalized spacial score (nSPS) is 17.6. The van der Waals surface area contributed by atoms with Crippen LogP contribution in [0.4, 0.5) is 0 Å². The van der Waals surface area contributed by atoms with Crippen molar-refractivity contribution >= 4 is 0 Å². The highest BCUT2D eigenvalue weighted by atomic mass is 16.3. The number of rotatable bonds is 12. The topological polar surface area (TPSA) is 121 Å². The van der Waals surface area contributed by atoms with Crippen LogP contribution in [0.2, 0.25) is 0 Å². The highest BCUT2D eigenvalue weighted by molar-refractivity contribution is 5.63. The van der Waals surface area contributed by atoms with E-state index in [0.717, 1.165) is 203 Å². The van der Waals surface area contributed by atoms with Crippen molar-refractivity contribution in [2.75, 3.05) is 0 Å². The Labute approximate surface area is 448 Å². The molecule has 75 heavy (non-hydrogen) atoms. The molecular formula is C69H84O6. The van der Waals surface area contributed by atoms with E-state index in [1.54, 1.807) is 0 Å². The summed E-state index contributed by atoms with van der Waals surface area (Å²) in [5.41, 5.74) is 17.3.